The topological polar surface area (TPSA) is 103 Å². The maximum Gasteiger partial charge on any atom is 0.407 e. The molecule has 1 aromatic carbocycles. The molecule has 1 aliphatic heterocycles. The number of benzene rings is 1. The first-order valence-corrected chi connectivity index (χ1v) is 11.6. The fourth-order valence-electron chi connectivity index (χ4n) is 3.49. The summed E-state index contributed by atoms with van der Waals surface area (Å²) in [4.78, 5) is 37.5. The second kappa shape index (κ2) is 11.5. The Morgan fingerprint density at radius 2 is 1.85 bits per heavy atom. The zero-order valence-electron chi connectivity index (χ0n) is 20.6. The van der Waals surface area contributed by atoms with Crippen molar-refractivity contribution < 1.29 is 28.6 Å². The number of alkyl carbamates (subject to hydrolysis) is 1. The standard InChI is InChI=1S/C25H38N2O6/c1-7-17(2)20(27-23(30)33-24(3,4)5)16-32-25(6,15-18-11-9-8-10-12-18)22(29)26-19-13-14-31-21(19)28/h8-12,17,19-20H,7,13-16H2,1-6H3,(H,26,29)(H,27,30)/t17-,19-,20?,25?/m0/s1. The van der Waals surface area contributed by atoms with E-state index >= 15 is 0 Å². The largest absolute Gasteiger partial charge is 0.464 e. The zero-order valence-corrected chi connectivity index (χ0v) is 20.6. The van der Waals surface area contributed by atoms with E-state index < -0.39 is 35.2 Å². The van der Waals surface area contributed by atoms with Crippen molar-refractivity contribution in [2.45, 2.75) is 84.1 Å². The quantitative estimate of drug-likeness (QED) is 0.517. The summed E-state index contributed by atoms with van der Waals surface area (Å²) in [6.07, 6.45) is 1.02. The van der Waals surface area contributed by atoms with E-state index in [4.69, 9.17) is 14.2 Å². The fourth-order valence-corrected chi connectivity index (χ4v) is 3.49. The number of cyclic esters (lactones) is 1. The summed E-state index contributed by atoms with van der Waals surface area (Å²) >= 11 is 0. The third-order valence-corrected chi connectivity index (χ3v) is 5.72. The van der Waals surface area contributed by atoms with E-state index in [9.17, 15) is 14.4 Å². The first-order chi connectivity index (χ1) is 15.4. The van der Waals surface area contributed by atoms with Crippen molar-refractivity contribution in [3.63, 3.8) is 0 Å². The molecule has 1 aromatic rings. The molecule has 8 nitrogen and oxygen atoms in total. The van der Waals surface area contributed by atoms with Crippen molar-refractivity contribution in [1.29, 1.82) is 0 Å². The summed E-state index contributed by atoms with van der Waals surface area (Å²) in [5, 5.41) is 5.67. The molecule has 4 atom stereocenters. The number of carbonyl (C=O) groups is 3. The number of rotatable bonds is 10. The van der Waals surface area contributed by atoms with Crippen molar-refractivity contribution in [2.24, 2.45) is 5.92 Å². The third kappa shape index (κ3) is 8.35. The van der Waals surface area contributed by atoms with Crippen LogP contribution < -0.4 is 10.6 Å². The van der Waals surface area contributed by atoms with Crippen LogP contribution in [-0.4, -0.2) is 54.5 Å². The summed E-state index contributed by atoms with van der Waals surface area (Å²) in [5.41, 5.74) is -0.960. The Labute approximate surface area is 196 Å². The van der Waals surface area contributed by atoms with Gasteiger partial charge in [0.1, 0.15) is 17.2 Å². The van der Waals surface area contributed by atoms with E-state index in [0.717, 1.165) is 12.0 Å². The second-order valence-corrected chi connectivity index (χ2v) is 9.82. The van der Waals surface area contributed by atoms with E-state index in [1.54, 1.807) is 27.7 Å². The van der Waals surface area contributed by atoms with Crippen LogP contribution in [0.15, 0.2) is 30.3 Å². The van der Waals surface area contributed by atoms with Crippen LogP contribution in [0.4, 0.5) is 4.79 Å². The first-order valence-electron chi connectivity index (χ1n) is 11.6. The highest BCUT2D eigenvalue weighted by Gasteiger charge is 2.39. The predicted octanol–water partition coefficient (Wildman–Crippen LogP) is 3.38. The van der Waals surface area contributed by atoms with Crippen LogP contribution in [0.5, 0.6) is 0 Å². The van der Waals surface area contributed by atoms with Gasteiger partial charge in [0.2, 0.25) is 0 Å². The minimum absolute atomic E-state index is 0.0892. The van der Waals surface area contributed by atoms with Crippen molar-refractivity contribution >= 4 is 18.0 Å². The lowest BCUT2D eigenvalue weighted by molar-refractivity contribution is -0.150. The monoisotopic (exact) mass is 462 g/mol. The molecule has 2 amide bonds. The maximum absolute atomic E-state index is 13.3. The third-order valence-electron chi connectivity index (χ3n) is 5.72. The molecule has 1 heterocycles. The summed E-state index contributed by atoms with van der Waals surface area (Å²) in [5.74, 6) is -0.740. The van der Waals surface area contributed by atoms with Gasteiger partial charge in [0.15, 0.2) is 0 Å². The van der Waals surface area contributed by atoms with Gasteiger partial charge in [-0.3, -0.25) is 4.79 Å². The lowest BCUT2D eigenvalue weighted by atomic mass is 9.94. The van der Waals surface area contributed by atoms with Crippen LogP contribution in [0.2, 0.25) is 0 Å². The van der Waals surface area contributed by atoms with Gasteiger partial charge in [-0.2, -0.15) is 0 Å². The minimum atomic E-state index is -1.26. The first kappa shape index (κ1) is 26.6. The number of nitrogens with one attached hydrogen (secondary N) is 2. The molecule has 0 aliphatic carbocycles. The summed E-state index contributed by atoms with van der Waals surface area (Å²) in [6, 6.07) is 8.50. The van der Waals surface area contributed by atoms with Crippen molar-refractivity contribution in [1.82, 2.24) is 10.6 Å². The molecule has 0 saturated carbocycles. The van der Waals surface area contributed by atoms with Gasteiger partial charge < -0.3 is 24.8 Å². The minimum Gasteiger partial charge on any atom is -0.464 e. The van der Waals surface area contributed by atoms with Crippen molar-refractivity contribution in [2.75, 3.05) is 13.2 Å². The van der Waals surface area contributed by atoms with Crippen LogP contribution >= 0.6 is 0 Å². The van der Waals surface area contributed by atoms with Gasteiger partial charge >= 0.3 is 12.1 Å². The van der Waals surface area contributed by atoms with Crippen molar-refractivity contribution in [3.05, 3.63) is 35.9 Å². The molecule has 0 aromatic heterocycles. The Morgan fingerprint density at radius 3 is 2.39 bits per heavy atom. The van der Waals surface area contributed by atoms with Gasteiger partial charge in [-0.1, -0.05) is 50.6 Å². The molecule has 0 spiro atoms. The highest BCUT2D eigenvalue weighted by molar-refractivity contribution is 5.90. The second-order valence-electron chi connectivity index (χ2n) is 9.82. The lowest BCUT2D eigenvalue weighted by Gasteiger charge is -2.33. The molecule has 2 N–H and O–H groups in total. The summed E-state index contributed by atoms with van der Waals surface area (Å²) < 4.78 is 16.6. The molecule has 2 rings (SSSR count). The average molecular weight is 463 g/mol. The number of hydrogen-bond donors (Lipinski definition) is 2. The molecule has 1 saturated heterocycles. The molecule has 184 valence electrons. The van der Waals surface area contributed by atoms with E-state index in [-0.39, 0.29) is 25.2 Å². The van der Waals surface area contributed by atoms with Gasteiger partial charge in [0.25, 0.3) is 5.91 Å². The van der Waals surface area contributed by atoms with Crippen LogP contribution in [0.25, 0.3) is 0 Å². The van der Waals surface area contributed by atoms with E-state index in [1.165, 1.54) is 0 Å². The Kier molecular flexibility index (Phi) is 9.28. The SMILES string of the molecule is CC[C@H](C)C(COC(C)(Cc1ccccc1)C(=O)N[C@H]1CCOC1=O)NC(=O)OC(C)(C)C. The Bertz CT molecular complexity index is 807. The van der Waals surface area contributed by atoms with Crippen LogP contribution in [0, 0.1) is 5.92 Å². The normalized spacial score (nSPS) is 19.7. The van der Waals surface area contributed by atoms with Gasteiger partial charge in [-0.15, -0.1) is 0 Å². The number of esters is 1. The fraction of sp³-hybridized carbons (Fsp3) is 0.640. The average Bonchev–Trinajstić information content (AvgIpc) is 3.14. The maximum atomic E-state index is 13.3. The number of amides is 2. The van der Waals surface area contributed by atoms with Crippen LogP contribution in [-0.2, 0) is 30.2 Å². The predicted molar refractivity (Wildman–Crippen MR) is 125 cm³/mol. The van der Waals surface area contributed by atoms with Gasteiger partial charge in [-0.05, 0) is 39.2 Å². The lowest BCUT2D eigenvalue weighted by Crippen LogP contribution is -2.54. The van der Waals surface area contributed by atoms with E-state index in [0.29, 0.717) is 12.8 Å². The Morgan fingerprint density at radius 1 is 1.18 bits per heavy atom. The highest BCUT2D eigenvalue weighted by Crippen LogP contribution is 2.22. The molecule has 1 fully saturated rings. The number of hydrogen-bond acceptors (Lipinski definition) is 6. The van der Waals surface area contributed by atoms with Gasteiger partial charge in [0.05, 0.1) is 19.3 Å². The molecule has 1 aliphatic rings. The van der Waals surface area contributed by atoms with Crippen molar-refractivity contribution in [3.8, 4) is 0 Å². The van der Waals surface area contributed by atoms with E-state index in [2.05, 4.69) is 10.6 Å². The Balaban J connectivity index is 2.17. The number of ether oxygens (including phenoxy) is 3. The smallest absolute Gasteiger partial charge is 0.407 e. The van der Waals surface area contributed by atoms with Crippen LogP contribution in [0.1, 0.15) is 59.9 Å². The molecule has 33 heavy (non-hydrogen) atoms. The Hall–Kier alpha value is -2.61. The molecule has 8 heteroatoms. The molecule has 0 bridgehead atoms. The zero-order chi connectivity index (χ0) is 24.6. The van der Waals surface area contributed by atoms with Crippen LogP contribution in [0.3, 0.4) is 0 Å². The molecular formula is C25H38N2O6. The van der Waals surface area contributed by atoms with Gasteiger partial charge in [-0.25, -0.2) is 9.59 Å². The molecular weight excluding hydrogens is 424 g/mol. The summed E-state index contributed by atoms with van der Waals surface area (Å²) in [7, 11) is 0. The highest BCUT2D eigenvalue weighted by atomic mass is 16.6. The van der Waals surface area contributed by atoms with E-state index in [1.807, 2.05) is 44.2 Å². The molecule has 2 unspecified atom stereocenters. The molecule has 0 radical (unpaired) electrons. The summed E-state index contributed by atoms with van der Waals surface area (Å²) in [6.45, 7) is 11.5. The van der Waals surface area contributed by atoms with Gasteiger partial charge in [0, 0.05) is 12.8 Å². The number of carbonyl (C=O) groups excluding carboxylic acids is 3.